The van der Waals surface area contributed by atoms with E-state index in [0.717, 1.165) is 6.54 Å². The molecule has 0 spiro atoms. The third kappa shape index (κ3) is 3.39. The van der Waals surface area contributed by atoms with Crippen LogP contribution in [0.25, 0.3) is 0 Å². The zero-order chi connectivity index (χ0) is 14.9. The van der Waals surface area contributed by atoms with Gasteiger partial charge in [0.15, 0.2) is 0 Å². The minimum atomic E-state index is -0.497. The van der Waals surface area contributed by atoms with Gasteiger partial charge in [0.05, 0.1) is 0 Å². The Labute approximate surface area is 120 Å². The Morgan fingerprint density at radius 2 is 1.85 bits per heavy atom. The van der Waals surface area contributed by atoms with Crippen molar-refractivity contribution in [3.63, 3.8) is 0 Å². The molecule has 0 saturated carbocycles. The van der Waals surface area contributed by atoms with Crippen LogP contribution in [0.15, 0.2) is 12.7 Å². The normalized spacial score (nSPS) is 27.4. The van der Waals surface area contributed by atoms with Crippen molar-refractivity contribution in [1.82, 2.24) is 9.80 Å². The number of amides is 1. The predicted octanol–water partition coefficient (Wildman–Crippen LogP) is 1.54. The van der Waals surface area contributed by atoms with Gasteiger partial charge in [0.1, 0.15) is 11.4 Å². The molecular formula is C15H24N2O3. The van der Waals surface area contributed by atoms with E-state index in [1.807, 2.05) is 26.8 Å². The molecule has 0 radical (unpaired) electrons. The van der Waals surface area contributed by atoms with Gasteiger partial charge < -0.3 is 9.64 Å². The molecule has 0 N–H and O–H groups in total. The van der Waals surface area contributed by atoms with E-state index in [-0.39, 0.29) is 17.9 Å². The Kier molecular flexibility index (Phi) is 4.18. The highest BCUT2D eigenvalue weighted by Crippen LogP contribution is 2.26. The maximum absolute atomic E-state index is 12.2. The fourth-order valence-electron chi connectivity index (χ4n) is 2.92. The minimum absolute atomic E-state index is 0.0880. The molecule has 5 heteroatoms. The summed E-state index contributed by atoms with van der Waals surface area (Å²) in [5.41, 5.74) is -0.497. The molecule has 2 rings (SSSR count). The van der Waals surface area contributed by atoms with Crippen LogP contribution < -0.4 is 0 Å². The lowest BCUT2D eigenvalue weighted by Gasteiger charge is -2.44. The Morgan fingerprint density at radius 3 is 2.30 bits per heavy atom. The highest BCUT2D eigenvalue weighted by atomic mass is 16.6. The first-order valence-electron chi connectivity index (χ1n) is 7.15. The van der Waals surface area contributed by atoms with Crippen molar-refractivity contribution < 1.29 is 14.3 Å². The number of ether oxygens (including phenoxy) is 1. The predicted molar refractivity (Wildman–Crippen MR) is 76.4 cm³/mol. The van der Waals surface area contributed by atoms with E-state index in [0.29, 0.717) is 32.0 Å². The van der Waals surface area contributed by atoms with Crippen LogP contribution in [0.4, 0.5) is 4.79 Å². The van der Waals surface area contributed by atoms with E-state index in [2.05, 4.69) is 11.5 Å². The van der Waals surface area contributed by atoms with Crippen LogP contribution in [0.1, 0.15) is 20.8 Å². The average Bonchev–Trinajstić information content (AvgIpc) is 2.28. The smallest absolute Gasteiger partial charge is 0.410 e. The number of hydrogen-bond acceptors (Lipinski definition) is 4. The molecule has 112 valence electrons. The number of fused-ring (bicyclic) bond motifs is 2. The maximum atomic E-state index is 12.2. The highest BCUT2D eigenvalue weighted by Gasteiger charge is 2.42. The van der Waals surface area contributed by atoms with Crippen molar-refractivity contribution in [3.05, 3.63) is 12.7 Å². The van der Waals surface area contributed by atoms with Crippen LogP contribution in [-0.2, 0) is 9.53 Å². The van der Waals surface area contributed by atoms with Crippen LogP contribution in [0.3, 0.4) is 0 Å². The molecule has 2 saturated heterocycles. The lowest BCUT2D eigenvalue weighted by molar-refractivity contribution is -0.136. The van der Waals surface area contributed by atoms with Crippen molar-refractivity contribution in [1.29, 1.82) is 0 Å². The van der Waals surface area contributed by atoms with Crippen molar-refractivity contribution in [2.24, 2.45) is 11.8 Å². The third-order valence-corrected chi connectivity index (χ3v) is 3.68. The Balaban J connectivity index is 2.01. The summed E-state index contributed by atoms with van der Waals surface area (Å²) in [6.45, 7) is 12.5. The molecule has 0 aromatic heterocycles. The Hall–Kier alpha value is -1.36. The van der Waals surface area contributed by atoms with Crippen LogP contribution in [0.2, 0.25) is 0 Å². The number of Topliss-reactive ketones (excluding diaryl/α,β-unsaturated/α-hetero) is 1. The van der Waals surface area contributed by atoms with E-state index in [1.165, 1.54) is 0 Å². The molecule has 2 heterocycles. The summed E-state index contributed by atoms with van der Waals surface area (Å²) >= 11 is 0. The van der Waals surface area contributed by atoms with Crippen LogP contribution in [-0.4, -0.2) is 60.0 Å². The van der Waals surface area contributed by atoms with Gasteiger partial charge in [-0.3, -0.25) is 9.69 Å². The van der Waals surface area contributed by atoms with E-state index < -0.39 is 5.60 Å². The zero-order valence-electron chi connectivity index (χ0n) is 12.6. The second-order valence-corrected chi connectivity index (χ2v) is 6.69. The van der Waals surface area contributed by atoms with Crippen molar-refractivity contribution >= 4 is 11.9 Å². The van der Waals surface area contributed by atoms with Crippen LogP contribution in [0, 0.1) is 11.8 Å². The summed E-state index contributed by atoms with van der Waals surface area (Å²) in [5, 5.41) is 0. The summed E-state index contributed by atoms with van der Waals surface area (Å²) in [4.78, 5) is 28.2. The third-order valence-electron chi connectivity index (χ3n) is 3.68. The molecule has 2 atom stereocenters. The maximum Gasteiger partial charge on any atom is 0.410 e. The fourth-order valence-corrected chi connectivity index (χ4v) is 2.92. The van der Waals surface area contributed by atoms with E-state index in [4.69, 9.17) is 4.74 Å². The number of ketones is 1. The van der Waals surface area contributed by atoms with Gasteiger partial charge in [-0.1, -0.05) is 6.08 Å². The molecule has 0 aromatic rings. The lowest BCUT2D eigenvalue weighted by atomic mass is 9.83. The fraction of sp³-hybridized carbons (Fsp3) is 0.733. The van der Waals surface area contributed by atoms with E-state index in [9.17, 15) is 9.59 Å². The number of nitrogens with zero attached hydrogens (tertiary/aromatic N) is 2. The summed E-state index contributed by atoms with van der Waals surface area (Å²) in [5.74, 6) is 0.120. The second kappa shape index (κ2) is 5.56. The number of likely N-dealkylation sites (tertiary alicyclic amines) is 2. The van der Waals surface area contributed by atoms with Gasteiger partial charge in [0, 0.05) is 44.6 Å². The van der Waals surface area contributed by atoms with Crippen molar-refractivity contribution in [3.8, 4) is 0 Å². The van der Waals surface area contributed by atoms with Gasteiger partial charge in [-0.15, -0.1) is 6.58 Å². The van der Waals surface area contributed by atoms with Crippen LogP contribution >= 0.6 is 0 Å². The summed E-state index contributed by atoms with van der Waals surface area (Å²) in [7, 11) is 0. The monoisotopic (exact) mass is 280 g/mol. The zero-order valence-corrected chi connectivity index (χ0v) is 12.6. The molecule has 1 unspecified atom stereocenters. The summed E-state index contributed by atoms with van der Waals surface area (Å²) in [6.07, 6.45) is 1.55. The minimum Gasteiger partial charge on any atom is -0.444 e. The van der Waals surface area contributed by atoms with E-state index >= 15 is 0 Å². The lowest BCUT2D eigenvalue weighted by Crippen LogP contribution is -2.59. The van der Waals surface area contributed by atoms with Gasteiger partial charge in [0.2, 0.25) is 0 Å². The molecule has 2 bridgehead atoms. The van der Waals surface area contributed by atoms with Crippen molar-refractivity contribution in [2.75, 3.05) is 32.7 Å². The molecule has 2 fully saturated rings. The van der Waals surface area contributed by atoms with Gasteiger partial charge in [-0.05, 0) is 20.8 Å². The number of carbonyl (C=O) groups is 2. The van der Waals surface area contributed by atoms with Crippen LogP contribution in [0.5, 0.6) is 0 Å². The molecule has 20 heavy (non-hydrogen) atoms. The first kappa shape index (κ1) is 15.0. The SMILES string of the molecule is C=CCN1CC2CN(C(=O)OC(C)(C)C)C[C@@H](C1)C2=O. The molecule has 1 amide bonds. The standard InChI is InChI=1S/C15H24N2O3/c1-5-6-16-7-11-9-17(10-12(8-16)13(11)18)14(19)20-15(2,3)4/h5,11-12H,1,6-10H2,2-4H3/t11-,12?/m1/s1. The van der Waals surface area contributed by atoms with Gasteiger partial charge in [0.25, 0.3) is 0 Å². The molecule has 0 aromatic carbocycles. The molecular weight excluding hydrogens is 256 g/mol. The highest BCUT2D eigenvalue weighted by molar-refractivity contribution is 5.87. The molecule has 2 aliphatic heterocycles. The summed E-state index contributed by atoms with van der Waals surface area (Å²) < 4.78 is 5.40. The molecule has 5 nitrogen and oxygen atoms in total. The molecule has 0 aliphatic carbocycles. The number of rotatable bonds is 2. The first-order chi connectivity index (χ1) is 9.30. The second-order valence-electron chi connectivity index (χ2n) is 6.69. The Morgan fingerprint density at radius 1 is 1.30 bits per heavy atom. The summed E-state index contributed by atoms with van der Waals surface area (Å²) in [6, 6.07) is 0. The first-order valence-corrected chi connectivity index (χ1v) is 7.15. The van der Waals surface area contributed by atoms with Gasteiger partial charge in [-0.25, -0.2) is 4.79 Å². The topological polar surface area (TPSA) is 49.9 Å². The Bertz CT molecular complexity index is 396. The molecule has 2 aliphatic rings. The average molecular weight is 280 g/mol. The number of piperidine rings is 2. The number of carbonyl (C=O) groups excluding carboxylic acids is 2. The van der Waals surface area contributed by atoms with Crippen molar-refractivity contribution in [2.45, 2.75) is 26.4 Å². The number of hydrogen-bond donors (Lipinski definition) is 0. The largest absolute Gasteiger partial charge is 0.444 e. The van der Waals surface area contributed by atoms with Gasteiger partial charge >= 0.3 is 6.09 Å². The van der Waals surface area contributed by atoms with E-state index in [1.54, 1.807) is 4.90 Å². The van der Waals surface area contributed by atoms with Gasteiger partial charge in [-0.2, -0.15) is 0 Å². The quantitative estimate of drug-likeness (QED) is 0.720.